The maximum absolute atomic E-state index is 11.2. The second kappa shape index (κ2) is 4.41. The van der Waals surface area contributed by atoms with Gasteiger partial charge in [0.15, 0.2) is 10.8 Å². The van der Waals surface area contributed by atoms with Crippen LogP contribution in [0, 0.1) is 13.8 Å². The maximum Gasteiger partial charge on any atom is 0.188 e. The van der Waals surface area contributed by atoms with Gasteiger partial charge < -0.3 is 0 Å². The van der Waals surface area contributed by atoms with Gasteiger partial charge in [0.25, 0.3) is 0 Å². The van der Waals surface area contributed by atoms with Crippen LogP contribution in [0.5, 0.6) is 0 Å². The second-order valence-corrected chi connectivity index (χ2v) is 4.81. The van der Waals surface area contributed by atoms with Gasteiger partial charge in [0.05, 0.1) is 11.4 Å². The van der Waals surface area contributed by atoms with E-state index in [1.807, 2.05) is 23.9 Å². The predicted octanol–water partition coefficient (Wildman–Crippen LogP) is 2.85. The summed E-state index contributed by atoms with van der Waals surface area (Å²) in [6, 6.07) is 0. The Bertz CT molecular complexity index is 568. The number of hydrogen-bond donors (Lipinski definition) is 0. The summed E-state index contributed by atoms with van der Waals surface area (Å²) in [6.07, 6.45) is 0. The van der Waals surface area contributed by atoms with E-state index in [0.29, 0.717) is 5.01 Å². The third-order valence-corrected chi connectivity index (χ3v) is 3.69. The molecule has 0 unspecified atom stereocenters. The Morgan fingerprint density at radius 1 is 1.47 bits per heavy atom. The van der Waals surface area contributed by atoms with E-state index in [1.54, 1.807) is 0 Å². The van der Waals surface area contributed by atoms with Crippen LogP contribution in [0.1, 0.15) is 35.0 Å². The Kier molecular flexibility index (Phi) is 3.11. The van der Waals surface area contributed by atoms with Crippen molar-refractivity contribution in [1.82, 2.24) is 14.8 Å². The second-order valence-electron chi connectivity index (χ2n) is 3.96. The van der Waals surface area contributed by atoms with Crippen LogP contribution in [-0.2, 0) is 6.54 Å². The van der Waals surface area contributed by atoms with Crippen molar-refractivity contribution in [1.29, 1.82) is 0 Å². The van der Waals surface area contributed by atoms with E-state index in [2.05, 4.69) is 17.0 Å². The van der Waals surface area contributed by atoms with Crippen LogP contribution in [0.25, 0.3) is 11.3 Å². The quantitative estimate of drug-likeness (QED) is 0.786. The van der Waals surface area contributed by atoms with E-state index in [0.717, 1.165) is 29.2 Å². The average Bonchev–Trinajstić information content (AvgIpc) is 2.83. The first-order chi connectivity index (χ1) is 8.04. The minimum absolute atomic E-state index is 0.0134. The zero-order valence-electron chi connectivity index (χ0n) is 10.4. The monoisotopic (exact) mass is 249 g/mol. The molecule has 90 valence electrons. The summed E-state index contributed by atoms with van der Waals surface area (Å²) < 4.78 is 1.96. The van der Waals surface area contributed by atoms with Crippen LogP contribution >= 0.6 is 11.3 Å². The summed E-state index contributed by atoms with van der Waals surface area (Å²) in [5.74, 6) is 0.0134. The molecule has 2 aromatic heterocycles. The first kappa shape index (κ1) is 12.0. The zero-order chi connectivity index (χ0) is 12.6. The molecule has 0 atom stereocenters. The maximum atomic E-state index is 11.2. The summed E-state index contributed by atoms with van der Waals surface area (Å²) in [7, 11) is 0. The zero-order valence-corrected chi connectivity index (χ0v) is 11.3. The molecule has 5 heteroatoms. The molecule has 4 nitrogen and oxygen atoms in total. The van der Waals surface area contributed by atoms with Crippen LogP contribution in [0.4, 0.5) is 0 Å². The van der Waals surface area contributed by atoms with Gasteiger partial charge in [0.1, 0.15) is 0 Å². The third kappa shape index (κ3) is 2.02. The molecule has 0 aliphatic carbocycles. The lowest BCUT2D eigenvalue weighted by molar-refractivity contribution is 0.101. The molecule has 0 amide bonds. The lowest BCUT2D eigenvalue weighted by atomic mass is 10.1. The van der Waals surface area contributed by atoms with Crippen molar-refractivity contribution in [2.75, 3.05) is 0 Å². The highest BCUT2D eigenvalue weighted by Gasteiger charge is 2.16. The largest absolute Gasteiger partial charge is 0.292 e. The van der Waals surface area contributed by atoms with E-state index in [9.17, 15) is 4.79 Å². The van der Waals surface area contributed by atoms with E-state index >= 15 is 0 Å². The van der Waals surface area contributed by atoms with Gasteiger partial charge in [-0.3, -0.25) is 9.48 Å². The smallest absolute Gasteiger partial charge is 0.188 e. The predicted molar refractivity (Wildman–Crippen MR) is 68.5 cm³/mol. The molecule has 17 heavy (non-hydrogen) atoms. The number of aromatic nitrogens is 3. The lowest BCUT2D eigenvalue weighted by Crippen LogP contribution is -1.98. The van der Waals surface area contributed by atoms with Crippen molar-refractivity contribution in [2.45, 2.75) is 34.2 Å². The summed E-state index contributed by atoms with van der Waals surface area (Å²) in [4.78, 5) is 15.6. The number of carbonyl (C=O) groups is 1. The van der Waals surface area contributed by atoms with Gasteiger partial charge in [-0.1, -0.05) is 0 Å². The standard InChI is InChI=1S/C12H15N3OS/c1-5-15-8(3)11(7(2)14-15)10-6-17-12(13-10)9(4)16/h6H,5H2,1-4H3. The highest BCUT2D eigenvalue weighted by Crippen LogP contribution is 2.28. The molecule has 0 N–H and O–H groups in total. The van der Waals surface area contributed by atoms with Crippen molar-refractivity contribution in [3.8, 4) is 11.3 Å². The molecule has 0 saturated heterocycles. The Morgan fingerprint density at radius 3 is 2.65 bits per heavy atom. The molecule has 0 aromatic carbocycles. The van der Waals surface area contributed by atoms with Gasteiger partial charge in [0.2, 0.25) is 0 Å². The molecule has 0 bridgehead atoms. The first-order valence-electron chi connectivity index (χ1n) is 5.55. The van der Waals surface area contributed by atoms with Crippen LogP contribution in [0.3, 0.4) is 0 Å². The van der Waals surface area contributed by atoms with Crippen molar-refractivity contribution < 1.29 is 4.79 Å². The van der Waals surface area contributed by atoms with Crippen LogP contribution in [0.2, 0.25) is 0 Å². The van der Waals surface area contributed by atoms with Crippen molar-refractivity contribution in [3.05, 3.63) is 21.8 Å². The van der Waals surface area contributed by atoms with Crippen LogP contribution < -0.4 is 0 Å². The van der Waals surface area contributed by atoms with Gasteiger partial charge in [0, 0.05) is 30.1 Å². The molecule has 0 radical (unpaired) electrons. The van der Waals surface area contributed by atoms with Gasteiger partial charge in [-0.15, -0.1) is 11.3 Å². The molecule has 0 spiro atoms. The molecule has 2 aromatic rings. The highest BCUT2D eigenvalue weighted by atomic mass is 32.1. The van der Waals surface area contributed by atoms with E-state index in [1.165, 1.54) is 18.3 Å². The fraction of sp³-hybridized carbons (Fsp3) is 0.417. The molecular weight excluding hydrogens is 234 g/mol. The SMILES string of the molecule is CCn1nc(C)c(-c2csc(C(C)=O)n2)c1C. The molecule has 2 heterocycles. The first-order valence-corrected chi connectivity index (χ1v) is 6.43. The van der Waals surface area contributed by atoms with Gasteiger partial charge in [-0.25, -0.2) is 4.98 Å². The molecule has 2 rings (SSSR count). The average molecular weight is 249 g/mol. The van der Waals surface area contributed by atoms with E-state index in [4.69, 9.17) is 0 Å². The summed E-state index contributed by atoms with van der Waals surface area (Å²) in [5, 5.41) is 6.94. The van der Waals surface area contributed by atoms with Gasteiger partial charge >= 0.3 is 0 Å². The minimum Gasteiger partial charge on any atom is -0.292 e. The van der Waals surface area contributed by atoms with E-state index < -0.39 is 0 Å². The van der Waals surface area contributed by atoms with Crippen LogP contribution in [0.15, 0.2) is 5.38 Å². The highest BCUT2D eigenvalue weighted by molar-refractivity contribution is 7.12. The number of rotatable bonds is 3. The summed E-state index contributed by atoms with van der Waals surface area (Å²) >= 11 is 1.39. The number of nitrogens with zero attached hydrogens (tertiary/aromatic N) is 3. The Balaban J connectivity index is 2.52. The lowest BCUT2D eigenvalue weighted by Gasteiger charge is -1.99. The number of hydrogen-bond acceptors (Lipinski definition) is 4. The van der Waals surface area contributed by atoms with E-state index in [-0.39, 0.29) is 5.78 Å². The summed E-state index contributed by atoms with van der Waals surface area (Å²) in [6.45, 7) is 8.45. The number of thiazole rings is 1. The molecule has 0 fully saturated rings. The fourth-order valence-electron chi connectivity index (χ4n) is 1.93. The molecule has 0 aliphatic heterocycles. The Morgan fingerprint density at radius 2 is 2.18 bits per heavy atom. The number of aryl methyl sites for hydroxylation is 2. The minimum atomic E-state index is 0.0134. The van der Waals surface area contributed by atoms with Crippen molar-refractivity contribution in [2.24, 2.45) is 0 Å². The van der Waals surface area contributed by atoms with Gasteiger partial charge in [-0.05, 0) is 20.8 Å². The summed E-state index contributed by atoms with van der Waals surface area (Å²) in [5.41, 5.74) is 3.97. The molecule has 0 aliphatic rings. The Hall–Kier alpha value is -1.49. The van der Waals surface area contributed by atoms with Crippen molar-refractivity contribution >= 4 is 17.1 Å². The third-order valence-electron chi connectivity index (χ3n) is 2.74. The number of ketones is 1. The normalized spacial score (nSPS) is 10.8. The van der Waals surface area contributed by atoms with Crippen molar-refractivity contribution in [3.63, 3.8) is 0 Å². The fourth-order valence-corrected chi connectivity index (χ4v) is 2.64. The number of Topliss-reactive ketones (excluding diaryl/α,β-unsaturated/α-hetero) is 1. The topological polar surface area (TPSA) is 47.8 Å². The molecule has 0 saturated carbocycles. The molecular formula is C12H15N3OS. The van der Waals surface area contributed by atoms with Crippen LogP contribution in [-0.4, -0.2) is 20.5 Å². The number of carbonyl (C=O) groups excluding carboxylic acids is 1. The Labute approximate surface area is 104 Å². The van der Waals surface area contributed by atoms with Gasteiger partial charge in [-0.2, -0.15) is 5.10 Å².